The molecule has 1 aromatic carbocycles. The van der Waals surface area contributed by atoms with Crippen LogP contribution >= 0.6 is 0 Å². The highest BCUT2D eigenvalue weighted by molar-refractivity contribution is 5.89. The molecule has 0 radical (unpaired) electrons. The second-order valence-corrected chi connectivity index (χ2v) is 2.65. The number of carbonyl (C=O) groups excluding carboxylic acids is 1. The van der Waals surface area contributed by atoms with E-state index >= 15 is 0 Å². The van der Waals surface area contributed by atoms with Gasteiger partial charge in [0.25, 0.3) is 0 Å². The van der Waals surface area contributed by atoms with Gasteiger partial charge in [-0.05, 0) is 0 Å². The Hall–Kier alpha value is -1.86. The first kappa shape index (κ1) is 12.2. The number of halogens is 5. The van der Waals surface area contributed by atoms with Crippen LogP contribution in [0.2, 0.25) is 0 Å². The van der Waals surface area contributed by atoms with Crippen LogP contribution in [-0.2, 0) is 0 Å². The second-order valence-electron chi connectivity index (χ2n) is 2.65. The van der Waals surface area contributed by atoms with Gasteiger partial charge in [-0.15, -0.1) is 0 Å². The molecule has 0 fully saturated rings. The minimum Gasteiger partial charge on any atom is -0.341 e. The van der Waals surface area contributed by atoms with Crippen LogP contribution in [0, 0.1) is 29.1 Å². The van der Waals surface area contributed by atoms with E-state index in [2.05, 4.69) is 0 Å². The van der Waals surface area contributed by atoms with Gasteiger partial charge in [0.1, 0.15) is 5.69 Å². The van der Waals surface area contributed by atoms with Crippen LogP contribution in [0.5, 0.6) is 0 Å². The summed E-state index contributed by atoms with van der Waals surface area (Å²) in [6, 6.07) is -1.11. The number of hydrogen-bond donors (Lipinski definition) is 2. The first-order valence-electron chi connectivity index (χ1n) is 3.90. The summed E-state index contributed by atoms with van der Waals surface area (Å²) in [5, 5.41) is 3.39. The number of urea groups is 1. The average molecular weight is 240 g/mol. The van der Waals surface area contributed by atoms with E-state index < -0.39 is 40.8 Å². The summed E-state index contributed by atoms with van der Waals surface area (Å²) in [5.41, 5.74) is -1.39. The van der Waals surface area contributed by atoms with Crippen LogP contribution in [0.25, 0.3) is 0 Å². The van der Waals surface area contributed by atoms with Crippen molar-refractivity contribution >= 4 is 11.7 Å². The van der Waals surface area contributed by atoms with Gasteiger partial charge in [-0.25, -0.2) is 26.7 Å². The van der Waals surface area contributed by atoms with Gasteiger partial charge in [-0.1, -0.05) is 0 Å². The summed E-state index contributed by atoms with van der Waals surface area (Å²) >= 11 is 0. The van der Waals surface area contributed by atoms with Crippen molar-refractivity contribution < 1.29 is 26.7 Å². The maximum Gasteiger partial charge on any atom is 0.319 e. The average Bonchev–Trinajstić information content (AvgIpc) is 2.29. The van der Waals surface area contributed by atoms with Crippen molar-refractivity contribution in [1.29, 1.82) is 0 Å². The topological polar surface area (TPSA) is 41.1 Å². The van der Waals surface area contributed by atoms with Gasteiger partial charge in [-0.2, -0.15) is 0 Å². The Morgan fingerprint density at radius 1 is 0.875 bits per heavy atom. The summed E-state index contributed by atoms with van der Waals surface area (Å²) in [4.78, 5) is 10.7. The van der Waals surface area contributed by atoms with Gasteiger partial charge in [0.15, 0.2) is 23.3 Å². The number of anilines is 1. The maximum atomic E-state index is 12.9. The summed E-state index contributed by atoms with van der Waals surface area (Å²) in [6.45, 7) is 0. The number of carbonyl (C=O) groups is 1. The predicted molar refractivity (Wildman–Crippen MR) is 44.3 cm³/mol. The Bertz CT molecular complexity index is 420. The van der Waals surface area contributed by atoms with Crippen molar-refractivity contribution in [2.24, 2.45) is 0 Å². The normalized spacial score (nSPS) is 10.1. The van der Waals surface area contributed by atoms with E-state index in [1.807, 2.05) is 5.32 Å². The van der Waals surface area contributed by atoms with E-state index in [-0.39, 0.29) is 0 Å². The van der Waals surface area contributed by atoms with Gasteiger partial charge in [0.05, 0.1) is 0 Å². The van der Waals surface area contributed by atoms with Crippen LogP contribution in [-0.4, -0.2) is 13.1 Å². The summed E-state index contributed by atoms with van der Waals surface area (Å²) < 4.78 is 63.7. The quantitative estimate of drug-likeness (QED) is 0.440. The third-order valence-corrected chi connectivity index (χ3v) is 1.68. The molecule has 0 spiro atoms. The van der Waals surface area contributed by atoms with Crippen LogP contribution < -0.4 is 10.6 Å². The molecule has 2 amide bonds. The molecule has 0 aliphatic carbocycles. The van der Waals surface area contributed by atoms with Gasteiger partial charge in [0, 0.05) is 7.05 Å². The molecule has 0 atom stereocenters. The predicted octanol–water partition coefficient (Wildman–Crippen LogP) is 2.13. The third kappa shape index (κ3) is 1.90. The standard InChI is InChI=1S/C8H5F5N2O/c1-14-8(16)15-7-5(12)3(10)2(9)4(11)6(7)13/h1H3,(H2,14,15,16). The molecule has 0 saturated carbocycles. The first-order chi connectivity index (χ1) is 7.40. The zero-order chi connectivity index (χ0) is 12.5. The van der Waals surface area contributed by atoms with Gasteiger partial charge >= 0.3 is 6.03 Å². The molecule has 0 saturated heterocycles. The zero-order valence-electron chi connectivity index (χ0n) is 7.80. The Balaban J connectivity index is 3.34. The van der Waals surface area contributed by atoms with Crippen molar-refractivity contribution in [2.75, 3.05) is 12.4 Å². The number of rotatable bonds is 1. The van der Waals surface area contributed by atoms with Crippen molar-refractivity contribution in [3.63, 3.8) is 0 Å². The first-order valence-corrected chi connectivity index (χ1v) is 3.90. The van der Waals surface area contributed by atoms with Crippen LogP contribution in [0.15, 0.2) is 0 Å². The number of benzene rings is 1. The van der Waals surface area contributed by atoms with E-state index in [9.17, 15) is 26.7 Å². The van der Waals surface area contributed by atoms with Gasteiger partial charge < -0.3 is 10.6 Å². The molecule has 2 N–H and O–H groups in total. The molecule has 1 rings (SSSR count). The van der Waals surface area contributed by atoms with Gasteiger partial charge in [0.2, 0.25) is 5.82 Å². The van der Waals surface area contributed by atoms with Crippen LogP contribution in [0.4, 0.5) is 32.4 Å². The zero-order valence-corrected chi connectivity index (χ0v) is 7.80. The molecule has 0 bridgehead atoms. The minimum atomic E-state index is -2.28. The SMILES string of the molecule is CNC(=O)Nc1c(F)c(F)c(F)c(F)c1F. The van der Waals surface area contributed by atoms with Crippen molar-refractivity contribution in [1.82, 2.24) is 5.32 Å². The molecule has 0 aromatic heterocycles. The summed E-state index contributed by atoms with van der Waals surface area (Å²) in [5.74, 6) is -10.7. The van der Waals surface area contributed by atoms with Crippen molar-refractivity contribution in [3.8, 4) is 0 Å². The van der Waals surface area contributed by atoms with E-state index in [1.54, 1.807) is 0 Å². The number of hydrogen-bond acceptors (Lipinski definition) is 1. The highest BCUT2D eigenvalue weighted by Gasteiger charge is 2.26. The minimum absolute atomic E-state index is 1.11. The molecule has 0 aliphatic rings. The Kier molecular flexibility index (Phi) is 3.31. The van der Waals surface area contributed by atoms with E-state index in [1.165, 1.54) is 5.32 Å². The Labute approximate surface area is 86.3 Å². The molecule has 0 aliphatic heterocycles. The molecular weight excluding hydrogens is 235 g/mol. The van der Waals surface area contributed by atoms with E-state index in [0.29, 0.717) is 0 Å². The Morgan fingerprint density at radius 2 is 1.25 bits per heavy atom. The monoisotopic (exact) mass is 240 g/mol. The fraction of sp³-hybridized carbons (Fsp3) is 0.125. The van der Waals surface area contributed by atoms with Crippen LogP contribution in [0.1, 0.15) is 0 Å². The molecule has 0 unspecified atom stereocenters. The summed E-state index contributed by atoms with van der Waals surface area (Å²) in [7, 11) is 1.11. The molecule has 1 aromatic rings. The lowest BCUT2D eigenvalue weighted by Crippen LogP contribution is -2.26. The van der Waals surface area contributed by atoms with E-state index in [4.69, 9.17) is 0 Å². The molecular formula is C8H5F5N2O. The third-order valence-electron chi connectivity index (χ3n) is 1.68. The highest BCUT2D eigenvalue weighted by Crippen LogP contribution is 2.26. The number of amides is 2. The lowest BCUT2D eigenvalue weighted by atomic mass is 10.2. The fourth-order valence-electron chi connectivity index (χ4n) is 0.891. The van der Waals surface area contributed by atoms with Gasteiger partial charge in [-0.3, -0.25) is 0 Å². The molecule has 3 nitrogen and oxygen atoms in total. The van der Waals surface area contributed by atoms with Crippen LogP contribution in [0.3, 0.4) is 0 Å². The van der Waals surface area contributed by atoms with Crippen molar-refractivity contribution in [2.45, 2.75) is 0 Å². The maximum absolute atomic E-state index is 12.9. The van der Waals surface area contributed by atoms with E-state index in [0.717, 1.165) is 7.05 Å². The number of nitrogens with one attached hydrogen (secondary N) is 2. The smallest absolute Gasteiger partial charge is 0.319 e. The lowest BCUT2D eigenvalue weighted by molar-refractivity contribution is 0.253. The fourth-order valence-corrected chi connectivity index (χ4v) is 0.891. The molecule has 0 heterocycles. The Morgan fingerprint density at radius 3 is 1.62 bits per heavy atom. The lowest BCUT2D eigenvalue weighted by Gasteiger charge is -2.08. The largest absolute Gasteiger partial charge is 0.341 e. The molecule has 8 heteroatoms. The van der Waals surface area contributed by atoms with Crippen molar-refractivity contribution in [3.05, 3.63) is 29.1 Å². The second kappa shape index (κ2) is 4.33. The highest BCUT2D eigenvalue weighted by atomic mass is 19.2. The molecule has 16 heavy (non-hydrogen) atoms. The summed E-state index contributed by atoms with van der Waals surface area (Å²) in [6.07, 6.45) is 0. The molecule has 88 valence electrons.